The maximum atomic E-state index is 11.8. The van der Waals surface area contributed by atoms with Crippen LogP contribution in [0, 0.1) is 5.92 Å². The van der Waals surface area contributed by atoms with E-state index in [-0.39, 0.29) is 19.7 Å². The van der Waals surface area contributed by atoms with E-state index in [1.54, 1.807) is 13.1 Å². The van der Waals surface area contributed by atoms with E-state index >= 15 is 0 Å². The molecule has 6 nitrogen and oxygen atoms in total. The number of imide groups is 1. The summed E-state index contributed by atoms with van der Waals surface area (Å²) in [4.78, 5) is 24.4. The molecule has 1 fully saturated rings. The van der Waals surface area contributed by atoms with E-state index in [1.165, 1.54) is 12.8 Å². The molecule has 1 aliphatic carbocycles. The Morgan fingerprint density at radius 2 is 2.11 bits per heavy atom. The Bertz CT molecular complexity index is 325. The van der Waals surface area contributed by atoms with Crippen molar-refractivity contribution in [3.63, 3.8) is 0 Å². The van der Waals surface area contributed by atoms with Crippen molar-refractivity contribution >= 4 is 12.1 Å². The van der Waals surface area contributed by atoms with Crippen LogP contribution in [0.2, 0.25) is 0 Å². The van der Waals surface area contributed by atoms with Crippen LogP contribution in [0.15, 0.2) is 12.3 Å². The predicted octanol–water partition coefficient (Wildman–Crippen LogP) is 1.82. The van der Waals surface area contributed by atoms with Crippen molar-refractivity contribution in [3.05, 3.63) is 12.3 Å². The molecular formula is C13H23N3O3. The summed E-state index contributed by atoms with van der Waals surface area (Å²) in [7, 11) is 0. The normalized spacial score (nSPS) is 15.7. The smallest absolute Gasteiger partial charge is 0.418 e. The van der Waals surface area contributed by atoms with Gasteiger partial charge in [-0.05, 0) is 25.7 Å². The zero-order valence-corrected chi connectivity index (χ0v) is 11.4. The number of ether oxygens (including phenoxy) is 1. The van der Waals surface area contributed by atoms with Crippen LogP contribution >= 0.6 is 0 Å². The average Bonchev–Trinajstić information content (AvgIpc) is 2.89. The van der Waals surface area contributed by atoms with E-state index in [9.17, 15) is 9.59 Å². The van der Waals surface area contributed by atoms with Crippen LogP contribution in [0.1, 0.15) is 32.6 Å². The van der Waals surface area contributed by atoms with E-state index in [0.29, 0.717) is 5.92 Å². The van der Waals surface area contributed by atoms with Crippen molar-refractivity contribution in [2.24, 2.45) is 11.7 Å². The Labute approximate surface area is 114 Å². The molecule has 3 N–H and O–H groups in total. The van der Waals surface area contributed by atoms with Crippen molar-refractivity contribution in [2.75, 3.05) is 19.7 Å². The van der Waals surface area contributed by atoms with E-state index < -0.39 is 12.1 Å². The van der Waals surface area contributed by atoms with Crippen LogP contribution < -0.4 is 11.1 Å². The van der Waals surface area contributed by atoms with Gasteiger partial charge < -0.3 is 15.8 Å². The number of amides is 3. The third-order valence-corrected chi connectivity index (χ3v) is 3.06. The topological polar surface area (TPSA) is 84.7 Å². The molecule has 1 rings (SSSR count). The van der Waals surface area contributed by atoms with E-state index in [0.717, 1.165) is 17.7 Å². The SMILES string of the molecule is CCOC(=O)N(CCN)C(=O)N/C=C/C1CCCC1. The third-order valence-electron chi connectivity index (χ3n) is 3.06. The molecule has 0 atom stereocenters. The summed E-state index contributed by atoms with van der Waals surface area (Å²) in [6.07, 6.45) is 7.74. The fourth-order valence-corrected chi connectivity index (χ4v) is 2.09. The summed E-state index contributed by atoms with van der Waals surface area (Å²) in [6.45, 7) is 2.27. The molecular weight excluding hydrogens is 246 g/mol. The van der Waals surface area contributed by atoms with Gasteiger partial charge >= 0.3 is 12.1 Å². The third kappa shape index (κ3) is 5.30. The number of carbonyl (C=O) groups is 2. The molecule has 1 aliphatic rings. The molecule has 108 valence electrons. The highest BCUT2D eigenvalue weighted by molar-refractivity contribution is 5.91. The summed E-state index contributed by atoms with van der Waals surface area (Å²) < 4.78 is 4.80. The molecule has 3 amide bonds. The van der Waals surface area contributed by atoms with Crippen LogP contribution in [-0.2, 0) is 4.74 Å². The zero-order chi connectivity index (χ0) is 14.1. The van der Waals surface area contributed by atoms with Gasteiger partial charge in [0.2, 0.25) is 0 Å². The first-order chi connectivity index (χ1) is 9.19. The monoisotopic (exact) mass is 269 g/mol. The lowest BCUT2D eigenvalue weighted by Crippen LogP contribution is -2.44. The quantitative estimate of drug-likeness (QED) is 0.797. The second-order valence-electron chi connectivity index (χ2n) is 4.49. The van der Waals surface area contributed by atoms with Crippen molar-refractivity contribution < 1.29 is 14.3 Å². The van der Waals surface area contributed by atoms with Crippen LogP contribution in [0.5, 0.6) is 0 Å². The zero-order valence-electron chi connectivity index (χ0n) is 11.4. The molecule has 19 heavy (non-hydrogen) atoms. The molecule has 6 heteroatoms. The number of hydrogen-bond acceptors (Lipinski definition) is 4. The fraction of sp³-hybridized carbons (Fsp3) is 0.692. The lowest BCUT2D eigenvalue weighted by Gasteiger charge is -2.18. The molecule has 0 aromatic carbocycles. The van der Waals surface area contributed by atoms with Gasteiger partial charge in [-0.15, -0.1) is 0 Å². The van der Waals surface area contributed by atoms with Crippen molar-refractivity contribution in [3.8, 4) is 0 Å². The van der Waals surface area contributed by atoms with Gasteiger partial charge in [0.15, 0.2) is 0 Å². The summed E-state index contributed by atoms with van der Waals surface area (Å²) >= 11 is 0. The Kier molecular flexibility index (Phi) is 6.95. The number of nitrogens with two attached hydrogens (primary N) is 1. The van der Waals surface area contributed by atoms with Gasteiger partial charge in [0.25, 0.3) is 0 Å². The van der Waals surface area contributed by atoms with Gasteiger partial charge in [0.05, 0.1) is 6.61 Å². The number of nitrogens with zero attached hydrogens (tertiary/aromatic N) is 1. The molecule has 0 aromatic rings. The molecule has 0 bridgehead atoms. The van der Waals surface area contributed by atoms with Gasteiger partial charge in [-0.2, -0.15) is 0 Å². The first kappa shape index (κ1) is 15.5. The van der Waals surface area contributed by atoms with Crippen molar-refractivity contribution in [1.82, 2.24) is 10.2 Å². The molecule has 0 aromatic heterocycles. The van der Waals surface area contributed by atoms with Crippen LogP contribution in [0.4, 0.5) is 9.59 Å². The number of hydrogen-bond donors (Lipinski definition) is 2. The maximum Gasteiger partial charge on any atom is 0.418 e. The molecule has 0 saturated heterocycles. The maximum absolute atomic E-state index is 11.8. The standard InChI is InChI=1S/C13H23N3O3/c1-2-19-13(18)16(10-8-14)12(17)15-9-7-11-5-3-4-6-11/h7,9,11H,2-6,8,10,14H2,1H3,(H,15,17)/b9-7+. The number of nitrogens with one attached hydrogen (secondary N) is 1. The largest absolute Gasteiger partial charge is 0.449 e. The Morgan fingerprint density at radius 1 is 1.42 bits per heavy atom. The molecule has 0 aliphatic heterocycles. The second-order valence-corrected chi connectivity index (χ2v) is 4.49. The number of rotatable bonds is 5. The van der Waals surface area contributed by atoms with Gasteiger partial charge in [-0.25, -0.2) is 14.5 Å². The van der Waals surface area contributed by atoms with E-state index in [4.69, 9.17) is 10.5 Å². The minimum absolute atomic E-state index is 0.141. The van der Waals surface area contributed by atoms with E-state index in [2.05, 4.69) is 5.32 Å². The average molecular weight is 269 g/mol. The summed E-state index contributed by atoms with van der Waals surface area (Å²) in [5.74, 6) is 0.533. The Balaban J connectivity index is 2.44. The molecule has 0 spiro atoms. The van der Waals surface area contributed by atoms with Crippen LogP contribution in [-0.4, -0.2) is 36.7 Å². The Hall–Kier alpha value is -1.56. The summed E-state index contributed by atoms with van der Waals surface area (Å²) in [5.41, 5.74) is 5.38. The van der Waals surface area contributed by atoms with Gasteiger partial charge in [0, 0.05) is 19.3 Å². The number of urea groups is 1. The minimum atomic E-state index is -0.667. The lowest BCUT2D eigenvalue weighted by atomic mass is 10.1. The predicted molar refractivity (Wildman–Crippen MR) is 72.4 cm³/mol. The highest BCUT2D eigenvalue weighted by atomic mass is 16.6. The van der Waals surface area contributed by atoms with Crippen LogP contribution in [0.25, 0.3) is 0 Å². The van der Waals surface area contributed by atoms with Crippen LogP contribution in [0.3, 0.4) is 0 Å². The molecule has 0 heterocycles. The highest BCUT2D eigenvalue weighted by Crippen LogP contribution is 2.25. The Morgan fingerprint density at radius 3 is 2.68 bits per heavy atom. The first-order valence-electron chi connectivity index (χ1n) is 6.80. The number of carbonyl (C=O) groups excluding carboxylic acids is 2. The van der Waals surface area contributed by atoms with Gasteiger partial charge in [-0.3, -0.25) is 0 Å². The van der Waals surface area contributed by atoms with Crippen molar-refractivity contribution in [2.45, 2.75) is 32.6 Å². The summed E-state index contributed by atoms with van der Waals surface area (Å²) in [5, 5.41) is 2.58. The second kappa shape index (κ2) is 8.53. The minimum Gasteiger partial charge on any atom is -0.449 e. The van der Waals surface area contributed by atoms with E-state index in [1.807, 2.05) is 6.08 Å². The molecule has 0 unspecified atom stereocenters. The summed E-state index contributed by atoms with van der Waals surface area (Å²) in [6, 6.07) is -0.502. The molecule has 1 saturated carbocycles. The first-order valence-corrected chi connectivity index (χ1v) is 6.80. The molecule has 0 radical (unpaired) electrons. The van der Waals surface area contributed by atoms with Gasteiger partial charge in [-0.1, -0.05) is 18.9 Å². The highest BCUT2D eigenvalue weighted by Gasteiger charge is 2.21. The van der Waals surface area contributed by atoms with Crippen molar-refractivity contribution in [1.29, 1.82) is 0 Å². The fourth-order valence-electron chi connectivity index (χ4n) is 2.09. The number of allylic oxidation sites excluding steroid dienone is 1. The van der Waals surface area contributed by atoms with Gasteiger partial charge in [0.1, 0.15) is 0 Å². The lowest BCUT2D eigenvalue weighted by molar-refractivity contribution is 0.116.